The van der Waals surface area contributed by atoms with Gasteiger partial charge in [-0.1, -0.05) is 31.2 Å². The molecule has 0 bridgehead atoms. The summed E-state index contributed by atoms with van der Waals surface area (Å²) in [7, 11) is 0. The summed E-state index contributed by atoms with van der Waals surface area (Å²) < 4.78 is 0. The molecule has 0 aliphatic carbocycles. The Hall–Kier alpha value is -1.00. The molecule has 0 saturated heterocycles. The van der Waals surface area contributed by atoms with Crippen LogP contribution < -0.4 is 5.73 Å². The lowest BCUT2D eigenvalue weighted by atomic mass is 10.1. The van der Waals surface area contributed by atoms with Gasteiger partial charge in [-0.2, -0.15) is 11.8 Å². The maximum absolute atomic E-state index is 10.5. The zero-order valence-corrected chi connectivity index (χ0v) is 10.9. The highest BCUT2D eigenvalue weighted by Gasteiger charge is 2.02. The van der Waals surface area contributed by atoms with E-state index in [9.17, 15) is 4.79 Å². The van der Waals surface area contributed by atoms with Crippen molar-refractivity contribution in [1.82, 2.24) is 0 Å². The third kappa shape index (κ3) is 5.75. The van der Waals surface area contributed by atoms with Gasteiger partial charge in [-0.05, 0) is 17.5 Å². The summed E-state index contributed by atoms with van der Waals surface area (Å²) in [6.07, 6.45) is 1.10. The molecule has 0 fully saturated rings. The number of thioether (sulfide) groups is 1. The molecule has 3 nitrogen and oxygen atoms in total. The lowest BCUT2D eigenvalue weighted by molar-refractivity contribution is -0.136. The van der Waals surface area contributed by atoms with Crippen molar-refractivity contribution in [3.05, 3.63) is 35.4 Å². The third-order valence-electron chi connectivity index (χ3n) is 2.50. The first-order chi connectivity index (χ1) is 8.11. The number of carbonyl (C=O) groups is 1. The summed E-state index contributed by atoms with van der Waals surface area (Å²) in [5.74, 6) is 1.11. The molecule has 3 N–H and O–H groups in total. The molecule has 0 aliphatic heterocycles. The Bertz CT molecular complexity index is 351. The van der Waals surface area contributed by atoms with Gasteiger partial charge in [0.25, 0.3) is 0 Å². The SMILES string of the molecule is CCC(N)CSCc1ccc(CC(=O)O)cc1. The van der Waals surface area contributed by atoms with E-state index in [0.29, 0.717) is 0 Å². The Balaban J connectivity index is 2.37. The van der Waals surface area contributed by atoms with Crippen molar-refractivity contribution in [2.45, 2.75) is 31.6 Å². The second kappa shape index (κ2) is 7.35. The molecule has 17 heavy (non-hydrogen) atoms. The van der Waals surface area contributed by atoms with Crippen LogP contribution in [0.2, 0.25) is 0 Å². The maximum Gasteiger partial charge on any atom is 0.307 e. The van der Waals surface area contributed by atoms with Gasteiger partial charge < -0.3 is 10.8 Å². The van der Waals surface area contributed by atoms with Crippen LogP contribution >= 0.6 is 11.8 Å². The van der Waals surface area contributed by atoms with Crippen LogP contribution in [0, 0.1) is 0 Å². The molecule has 1 atom stereocenters. The van der Waals surface area contributed by atoms with Crippen LogP contribution in [0.5, 0.6) is 0 Å². The molecular formula is C13H19NO2S. The maximum atomic E-state index is 10.5. The number of carboxylic acid groups (broad SMARTS) is 1. The summed E-state index contributed by atoms with van der Waals surface area (Å²) >= 11 is 1.82. The third-order valence-corrected chi connectivity index (χ3v) is 3.70. The molecule has 0 heterocycles. The molecule has 1 rings (SSSR count). The van der Waals surface area contributed by atoms with Crippen molar-refractivity contribution in [3.8, 4) is 0 Å². The van der Waals surface area contributed by atoms with E-state index in [4.69, 9.17) is 10.8 Å². The number of rotatable bonds is 7. The van der Waals surface area contributed by atoms with Crippen LogP contribution in [0.3, 0.4) is 0 Å². The zero-order chi connectivity index (χ0) is 12.7. The van der Waals surface area contributed by atoms with Crippen molar-refractivity contribution < 1.29 is 9.90 Å². The van der Waals surface area contributed by atoms with Crippen molar-refractivity contribution >= 4 is 17.7 Å². The molecule has 1 aromatic carbocycles. The highest BCUT2D eigenvalue weighted by molar-refractivity contribution is 7.98. The Morgan fingerprint density at radius 1 is 1.35 bits per heavy atom. The van der Waals surface area contributed by atoms with Gasteiger partial charge >= 0.3 is 5.97 Å². The lowest BCUT2D eigenvalue weighted by Gasteiger charge is -2.08. The van der Waals surface area contributed by atoms with E-state index in [1.807, 2.05) is 36.0 Å². The summed E-state index contributed by atoms with van der Waals surface area (Å²) in [5.41, 5.74) is 7.89. The van der Waals surface area contributed by atoms with Gasteiger partial charge in [0.15, 0.2) is 0 Å². The molecule has 0 aromatic heterocycles. The Morgan fingerprint density at radius 2 is 1.94 bits per heavy atom. The van der Waals surface area contributed by atoms with Crippen LogP contribution in [-0.4, -0.2) is 22.9 Å². The second-order valence-corrected chi connectivity index (χ2v) is 5.10. The van der Waals surface area contributed by atoms with Crippen LogP contribution in [0.25, 0.3) is 0 Å². The molecule has 1 aromatic rings. The summed E-state index contributed by atoms with van der Waals surface area (Å²) in [5, 5.41) is 8.65. The highest BCUT2D eigenvalue weighted by atomic mass is 32.2. The van der Waals surface area contributed by atoms with E-state index in [0.717, 1.165) is 23.5 Å². The lowest BCUT2D eigenvalue weighted by Crippen LogP contribution is -2.21. The molecule has 0 radical (unpaired) electrons. The fraction of sp³-hybridized carbons (Fsp3) is 0.462. The number of nitrogens with two attached hydrogens (primary N) is 1. The van der Waals surface area contributed by atoms with E-state index < -0.39 is 5.97 Å². The van der Waals surface area contributed by atoms with Crippen LogP contribution in [0.4, 0.5) is 0 Å². The Morgan fingerprint density at radius 3 is 2.47 bits per heavy atom. The minimum absolute atomic E-state index is 0.0914. The van der Waals surface area contributed by atoms with E-state index in [-0.39, 0.29) is 12.5 Å². The van der Waals surface area contributed by atoms with E-state index >= 15 is 0 Å². The second-order valence-electron chi connectivity index (χ2n) is 4.07. The van der Waals surface area contributed by atoms with Crippen LogP contribution in [-0.2, 0) is 17.0 Å². The standard InChI is InChI=1S/C13H19NO2S/c1-2-12(14)9-17-8-11-5-3-10(4-6-11)7-13(15)16/h3-6,12H,2,7-9,14H2,1H3,(H,15,16). The first kappa shape index (κ1) is 14.1. The predicted octanol–water partition coefficient (Wildman–Crippen LogP) is 2.28. The van der Waals surface area contributed by atoms with Gasteiger partial charge in [0.1, 0.15) is 0 Å². The average molecular weight is 253 g/mol. The number of benzene rings is 1. The Kier molecular flexibility index (Phi) is 6.08. The number of hydrogen-bond acceptors (Lipinski definition) is 3. The molecular weight excluding hydrogens is 234 g/mol. The quantitative estimate of drug-likeness (QED) is 0.782. The van der Waals surface area contributed by atoms with E-state index in [1.165, 1.54) is 5.56 Å². The molecule has 94 valence electrons. The summed E-state index contributed by atoms with van der Waals surface area (Å²) in [4.78, 5) is 10.5. The predicted molar refractivity (Wildman–Crippen MR) is 72.2 cm³/mol. The monoisotopic (exact) mass is 253 g/mol. The fourth-order valence-electron chi connectivity index (χ4n) is 1.37. The molecule has 4 heteroatoms. The largest absolute Gasteiger partial charge is 0.481 e. The summed E-state index contributed by atoms with van der Waals surface area (Å²) in [6, 6.07) is 8.00. The fourth-order valence-corrected chi connectivity index (χ4v) is 2.46. The van der Waals surface area contributed by atoms with Crippen molar-refractivity contribution in [2.24, 2.45) is 5.73 Å². The van der Waals surface area contributed by atoms with Gasteiger partial charge in [-0.3, -0.25) is 4.79 Å². The van der Waals surface area contributed by atoms with Crippen molar-refractivity contribution in [3.63, 3.8) is 0 Å². The number of aliphatic carboxylic acids is 1. The number of hydrogen-bond donors (Lipinski definition) is 2. The van der Waals surface area contributed by atoms with Crippen LogP contribution in [0.1, 0.15) is 24.5 Å². The number of carboxylic acids is 1. The molecule has 0 amide bonds. The molecule has 0 spiro atoms. The smallest absolute Gasteiger partial charge is 0.307 e. The van der Waals surface area contributed by atoms with Crippen molar-refractivity contribution in [1.29, 1.82) is 0 Å². The first-order valence-corrected chi connectivity index (χ1v) is 6.90. The van der Waals surface area contributed by atoms with Gasteiger partial charge in [0.2, 0.25) is 0 Å². The van der Waals surface area contributed by atoms with Crippen LogP contribution in [0.15, 0.2) is 24.3 Å². The molecule has 1 unspecified atom stereocenters. The zero-order valence-electron chi connectivity index (χ0n) is 10.1. The molecule has 0 aliphatic rings. The van der Waals surface area contributed by atoms with Gasteiger partial charge in [0, 0.05) is 17.5 Å². The van der Waals surface area contributed by atoms with Gasteiger partial charge in [0.05, 0.1) is 6.42 Å². The van der Waals surface area contributed by atoms with E-state index in [2.05, 4.69) is 6.92 Å². The molecule has 0 saturated carbocycles. The average Bonchev–Trinajstić information content (AvgIpc) is 2.30. The normalized spacial score (nSPS) is 12.4. The van der Waals surface area contributed by atoms with Crippen molar-refractivity contribution in [2.75, 3.05) is 5.75 Å². The van der Waals surface area contributed by atoms with E-state index in [1.54, 1.807) is 0 Å². The first-order valence-electron chi connectivity index (χ1n) is 5.74. The van der Waals surface area contributed by atoms with Gasteiger partial charge in [-0.25, -0.2) is 0 Å². The highest BCUT2D eigenvalue weighted by Crippen LogP contribution is 2.14. The minimum Gasteiger partial charge on any atom is -0.481 e. The van der Waals surface area contributed by atoms with Gasteiger partial charge in [-0.15, -0.1) is 0 Å². The minimum atomic E-state index is -0.791. The Labute approximate surface area is 106 Å². The summed E-state index contributed by atoms with van der Waals surface area (Å²) in [6.45, 7) is 2.09. The topological polar surface area (TPSA) is 63.3 Å².